The fraction of sp³-hybridized carbons (Fsp3) is 0. The second-order valence-corrected chi connectivity index (χ2v) is 4.81. The highest BCUT2D eigenvalue weighted by Gasteiger charge is 2.12. The Balaban J connectivity index is 2.08. The van der Waals surface area contributed by atoms with Crippen LogP contribution in [0.4, 0.5) is 5.69 Å². The maximum Gasteiger partial charge on any atom is 0.179 e. The largest absolute Gasteiger partial charge is 0.454 e. The Hall–Kier alpha value is -1.83. The van der Waals surface area contributed by atoms with Crippen LogP contribution in [0.25, 0.3) is 11.0 Å². The van der Waals surface area contributed by atoms with Gasteiger partial charge in [-0.05, 0) is 57.2 Å². The van der Waals surface area contributed by atoms with Gasteiger partial charge in [0.15, 0.2) is 16.8 Å². The molecule has 0 atom stereocenters. The molecule has 3 aromatic rings. The fourth-order valence-electron chi connectivity index (χ4n) is 1.59. The molecule has 5 nitrogen and oxygen atoms in total. The van der Waals surface area contributed by atoms with Gasteiger partial charge in [0.05, 0.1) is 9.26 Å². The topological polar surface area (TPSA) is 74.2 Å². The Bertz CT molecular complexity index is 711. The van der Waals surface area contributed by atoms with E-state index in [2.05, 4.69) is 32.9 Å². The maximum absolute atomic E-state index is 5.81. The molecule has 2 N–H and O–H groups in total. The summed E-state index contributed by atoms with van der Waals surface area (Å²) in [5.41, 5.74) is 7.32. The molecule has 0 aliphatic carbocycles. The first kappa shape index (κ1) is 11.3. The van der Waals surface area contributed by atoms with Crippen LogP contribution in [-0.4, -0.2) is 10.3 Å². The number of ether oxygens (including phenoxy) is 1. The molecular formula is C12H8IN3O2. The minimum atomic E-state index is 0.512. The smallest absolute Gasteiger partial charge is 0.179 e. The normalized spacial score (nSPS) is 10.7. The van der Waals surface area contributed by atoms with Crippen molar-refractivity contribution in [1.29, 1.82) is 0 Å². The van der Waals surface area contributed by atoms with Crippen molar-refractivity contribution in [2.45, 2.75) is 0 Å². The van der Waals surface area contributed by atoms with Crippen molar-refractivity contribution in [3.63, 3.8) is 0 Å². The molecule has 2 aromatic carbocycles. The summed E-state index contributed by atoms with van der Waals surface area (Å²) in [5.74, 6) is 1.33. The molecule has 0 aliphatic rings. The quantitative estimate of drug-likeness (QED) is 0.566. The molecule has 90 valence electrons. The van der Waals surface area contributed by atoms with Crippen molar-refractivity contribution in [3.05, 3.63) is 40.0 Å². The molecule has 1 aromatic heterocycles. The maximum atomic E-state index is 5.81. The predicted molar refractivity (Wildman–Crippen MR) is 75.4 cm³/mol. The monoisotopic (exact) mass is 353 g/mol. The van der Waals surface area contributed by atoms with Gasteiger partial charge < -0.3 is 10.5 Å². The second kappa shape index (κ2) is 4.45. The van der Waals surface area contributed by atoms with Crippen molar-refractivity contribution in [2.75, 3.05) is 5.73 Å². The third-order valence-electron chi connectivity index (χ3n) is 2.47. The van der Waals surface area contributed by atoms with Crippen LogP contribution >= 0.6 is 22.6 Å². The highest BCUT2D eigenvalue weighted by molar-refractivity contribution is 14.1. The zero-order chi connectivity index (χ0) is 12.5. The lowest BCUT2D eigenvalue weighted by Gasteiger charge is -2.07. The van der Waals surface area contributed by atoms with Crippen molar-refractivity contribution in [3.8, 4) is 11.5 Å². The van der Waals surface area contributed by atoms with E-state index >= 15 is 0 Å². The van der Waals surface area contributed by atoms with Gasteiger partial charge in [0.2, 0.25) is 0 Å². The highest BCUT2D eigenvalue weighted by atomic mass is 127. The molecule has 0 aliphatic heterocycles. The summed E-state index contributed by atoms with van der Waals surface area (Å²) in [5, 5.41) is 7.56. The molecule has 1 heterocycles. The Labute approximate surface area is 116 Å². The number of hydrogen-bond acceptors (Lipinski definition) is 5. The zero-order valence-electron chi connectivity index (χ0n) is 9.13. The van der Waals surface area contributed by atoms with Gasteiger partial charge in [-0.25, -0.2) is 4.63 Å². The summed E-state index contributed by atoms with van der Waals surface area (Å²) in [6.45, 7) is 0. The van der Waals surface area contributed by atoms with Gasteiger partial charge in [0, 0.05) is 0 Å². The van der Waals surface area contributed by atoms with Gasteiger partial charge in [0.1, 0.15) is 5.75 Å². The molecule has 0 bridgehead atoms. The Kier molecular flexibility index (Phi) is 2.78. The lowest BCUT2D eigenvalue weighted by atomic mass is 10.2. The Morgan fingerprint density at radius 3 is 2.61 bits per heavy atom. The van der Waals surface area contributed by atoms with Crippen LogP contribution in [0.15, 0.2) is 41.0 Å². The number of nitrogen functional groups attached to an aromatic ring is 1. The lowest BCUT2D eigenvalue weighted by Crippen LogP contribution is -1.91. The van der Waals surface area contributed by atoms with Gasteiger partial charge in [-0.2, -0.15) is 0 Å². The number of rotatable bonds is 2. The molecule has 0 fully saturated rings. The molecule has 18 heavy (non-hydrogen) atoms. The number of anilines is 1. The third kappa shape index (κ3) is 1.88. The second-order valence-electron chi connectivity index (χ2n) is 3.65. The van der Waals surface area contributed by atoms with E-state index < -0.39 is 0 Å². The van der Waals surface area contributed by atoms with Crippen molar-refractivity contribution >= 4 is 39.3 Å². The molecule has 6 heteroatoms. The van der Waals surface area contributed by atoms with Gasteiger partial charge in [0.25, 0.3) is 0 Å². The molecule has 3 rings (SSSR count). The average molecular weight is 353 g/mol. The number of halogens is 1. The van der Waals surface area contributed by atoms with E-state index in [9.17, 15) is 0 Å². The van der Waals surface area contributed by atoms with Crippen molar-refractivity contribution in [2.24, 2.45) is 0 Å². The van der Waals surface area contributed by atoms with Crippen molar-refractivity contribution in [1.82, 2.24) is 10.3 Å². The summed E-state index contributed by atoms with van der Waals surface area (Å²) in [6.07, 6.45) is 0. The molecule has 0 spiro atoms. The Morgan fingerprint density at radius 2 is 1.78 bits per heavy atom. The van der Waals surface area contributed by atoms with Gasteiger partial charge in [-0.1, -0.05) is 12.1 Å². The first-order valence-electron chi connectivity index (χ1n) is 5.19. The number of para-hydroxylation sites is 1. The van der Waals surface area contributed by atoms with E-state index in [1.165, 1.54) is 0 Å². The van der Waals surface area contributed by atoms with Crippen LogP contribution in [0.2, 0.25) is 0 Å². The third-order valence-corrected chi connectivity index (χ3v) is 3.36. The van der Waals surface area contributed by atoms with E-state index in [1.807, 2.05) is 24.3 Å². The van der Waals surface area contributed by atoms with E-state index in [-0.39, 0.29) is 0 Å². The minimum Gasteiger partial charge on any atom is -0.454 e. The molecular weight excluding hydrogens is 345 g/mol. The van der Waals surface area contributed by atoms with Crippen LogP contribution < -0.4 is 10.5 Å². The van der Waals surface area contributed by atoms with Crippen LogP contribution in [0.1, 0.15) is 0 Å². The number of nitrogens with zero attached hydrogens (tertiary/aromatic N) is 2. The average Bonchev–Trinajstić information content (AvgIpc) is 2.85. The van der Waals surface area contributed by atoms with Crippen LogP contribution in [0.3, 0.4) is 0 Å². The number of benzene rings is 2. The summed E-state index contributed by atoms with van der Waals surface area (Å²) < 4.78 is 11.5. The van der Waals surface area contributed by atoms with Crippen molar-refractivity contribution < 1.29 is 9.37 Å². The van der Waals surface area contributed by atoms with E-state index in [4.69, 9.17) is 15.1 Å². The number of aromatic nitrogens is 2. The number of fused-ring (bicyclic) bond motifs is 1. The summed E-state index contributed by atoms with van der Waals surface area (Å²) >= 11 is 2.21. The number of nitrogens with two attached hydrogens (primary N) is 1. The fourth-order valence-corrected chi connectivity index (χ4v) is 2.09. The SMILES string of the molecule is Nc1ccc(Oc2ccccc2I)c2nonc12. The van der Waals surface area contributed by atoms with Crippen LogP contribution in [0, 0.1) is 3.57 Å². The van der Waals surface area contributed by atoms with E-state index in [0.29, 0.717) is 22.5 Å². The molecule has 0 amide bonds. The summed E-state index contributed by atoms with van der Waals surface area (Å²) in [6, 6.07) is 11.2. The summed E-state index contributed by atoms with van der Waals surface area (Å²) in [4.78, 5) is 0. The van der Waals surface area contributed by atoms with Gasteiger partial charge in [-0.3, -0.25) is 0 Å². The van der Waals surface area contributed by atoms with Crippen LogP contribution in [-0.2, 0) is 0 Å². The molecule has 0 radical (unpaired) electrons. The van der Waals surface area contributed by atoms with Crippen LogP contribution in [0.5, 0.6) is 11.5 Å². The zero-order valence-corrected chi connectivity index (χ0v) is 11.3. The van der Waals surface area contributed by atoms with Gasteiger partial charge >= 0.3 is 0 Å². The highest BCUT2D eigenvalue weighted by Crippen LogP contribution is 2.32. The Morgan fingerprint density at radius 1 is 1.00 bits per heavy atom. The standard InChI is InChI=1S/C12H8IN3O2/c13-7-3-1-2-4-9(7)17-10-6-5-8(14)11-12(10)16-18-15-11/h1-6H,14H2. The number of hydrogen-bond donors (Lipinski definition) is 1. The molecule has 0 unspecified atom stereocenters. The van der Waals surface area contributed by atoms with E-state index in [0.717, 1.165) is 9.32 Å². The first-order chi connectivity index (χ1) is 8.75. The molecule has 0 saturated carbocycles. The first-order valence-corrected chi connectivity index (χ1v) is 6.27. The minimum absolute atomic E-state index is 0.512. The van der Waals surface area contributed by atoms with E-state index in [1.54, 1.807) is 12.1 Å². The molecule has 0 saturated heterocycles. The lowest BCUT2D eigenvalue weighted by molar-refractivity contribution is 0.314. The predicted octanol–water partition coefficient (Wildman–Crippen LogP) is 3.20. The summed E-state index contributed by atoms with van der Waals surface area (Å²) in [7, 11) is 0. The van der Waals surface area contributed by atoms with Gasteiger partial charge in [-0.15, -0.1) is 0 Å².